The first kappa shape index (κ1) is 17.9. The molecule has 0 spiro atoms. The molecule has 0 saturated carbocycles. The van der Waals surface area contributed by atoms with Crippen molar-refractivity contribution in [2.45, 2.75) is 39.0 Å². The Bertz CT molecular complexity index is 959. The smallest absolute Gasteiger partial charge is 0.237 e. The van der Waals surface area contributed by atoms with Crippen molar-refractivity contribution < 1.29 is 14.1 Å². The molecule has 1 fully saturated rings. The zero-order valence-electron chi connectivity index (χ0n) is 15.0. The fourth-order valence-corrected chi connectivity index (χ4v) is 3.47. The Hall–Kier alpha value is -2.51. The first-order valence-electron chi connectivity index (χ1n) is 8.96. The fraction of sp³-hybridized carbons (Fsp3) is 0.368. The molecule has 1 atom stereocenters. The molecule has 3 N–H and O–H groups in total. The number of nitrogens with one attached hydrogen (secondary N) is 3. The molecule has 8 heteroatoms. The number of H-pyrrole nitrogens is 1. The highest BCUT2D eigenvalue weighted by atomic mass is 35.5. The standard InChI is InChI=1S/C19H21ClN4O3/c1-11-5-14(27-24-11)10-26-18-8-17-12(7-15(18)20)6-13(23-17)9-22-19(25)16-3-2-4-21-16/h5-8,16,21,23H,2-4,9-10H2,1H3,(H,22,25)/t16-/m1/s1. The lowest BCUT2D eigenvalue weighted by atomic mass is 10.2. The van der Waals surface area contributed by atoms with Crippen molar-refractivity contribution in [1.82, 2.24) is 20.8 Å². The third kappa shape index (κ3) is 4.09. The molecular weight excluding hydrogens is 368 g/mol. The van der Waals surface area contributed by atoms with Crippen molar-refractivity contribution in [2.24, 2.45) is 0 Å². The van der Waals surface area contributed by atoms with Crippen molar-refractivity contribution in [3.63, 3.8) is 0 Å². The van der Waals surface area contributed by atoms with Gasteiger partial charge in [-0.3, -0.25) is 4.79 Å². The highest BCUT2D eigenvalue weighted by molar-refractivity contribution is 6.32. The van der Waals surface area contributed by atoms with E-state index >= 15 is 0 Å². The number of carbonyl (C=O) groups is 1. The summed E-state index contributed by atoms with van der Waals surface area (Å²) in [5, 5.41) is 11.5. The van der Waals surface area contributed by atoms with Crippen LogP contribution in [0.4, 0.5) is 0 Å². The summed E-state index contributed by atoms with van der Waals surface area (Å²) in [5.41, 5.74) is 2.61. The molecule has 1 aliphatic heterocycles. The topological polar surface area (TPSA) is 92.2 Å². The minimum absolute atomic E-state index is 0.0376. The van der Waals surface area contributed by atoms with Crippen LogP contribution in [0.5, 0.6) is 5.75 Å². The van der Waals surface area contributed by atoms with Crippen LogP contribution in [0.25, 0.3) is 10.9 Å². The van der Waals surface area contributed by atoms with Crippen molar-refractivity contribution in [2.75, 3.05) is 6.54 Å². The Morgan fingerprint density at radius 2 is 2.30 bits per heavy atom. The molecule has 1 aromatic carbocycles. The Balaban J connectivity index is 1.43. The second-order valence-corrected chi connectivity index (χ2v) is 7.16. The molecule has 7 nitrogen and oxygen atoms in total. The van der Waals surface area contributed by atoms with Crippen LogP contribution in [-0.2, 0) is 17.9 Å². The quantitative estimate of drug-likeness (QED) is 0.603. The number of benzene rings is 1. The van der Waals surface area contributed by atoms with Gasteiger partial charge < -0.3 is 24.9 Å². The average molecular weight is 389 g/mol. The van der Waals surface area contributed by atoms with E-state index in [0.29, 0.717) is 23.1 Å². The molecule has 1 saturated heterocycles. The summed E-state index contributed by atoms with van der Waals surface area (Å²) in [4.78, 5) is 15.4. The van der Waals surface area contributed by atoms with Gasteiger partial charge in [-0.15, -0.1) is 0 Å². The Labute approximate surface area is 161 Å². The zero-order valence-corrected chi connectivity index (χ0v) is 15.7. The molecule has 0 radical (unpaired) electrons. The Kier molecular flexibility index (Phi) is 5.05. The Morgan fingerprint density at radius 1 is 1.41 bits per heavy atom. The number of hydrogen-bond acceptors (Lipinski definition) is 5. The van der Waals surface area contributed by atoms with Gasteiger partial charge in [-0.05, 0) is 38.4 Å². The second-order valence-electron chi connectivity index (χ2n) is 6.75. The number of rotatable bonds is 6. The van der Waals surface area contributed by atoms with Gasteiger partial charge in [-0.2, -0.15) is 0 Å². The number of halogens is 1. The SMILES string of the molecule is Cc1cc(COc2cc3[nH]c(CNC(=O)[C@H]4CCCN4)cc3cc2Cl)on1. The minimum atomic E-state index is -0.0800. The summed E-state index contributed by atoms with van der Waals surface area (Å²) in [6.45, 7) is 3.45. The first-order chi connectivity index (χ1) is 13.1. The van der Waals surface area contributed by atoms with Crippen LogP contribution >= 0.6 is 11.6 Å². The monoisotopic (exact) mass is 388 g/mol. The molecular formula is C19H21ClN4O3. The molecule has 3 heterocycles. The molecule has 4 rings (SSSR count). The summed E-state index contributed by atoms with van der Waals surface area (Å²) >= 11 is 6.33. The summed E-state index contributed by atoms with van der Waals surface area (Å²) in [5.74, 6) is 1.24. The van der Waals surface area contributed by atoms with Crippen molar-refractivity contribution in [3.8, 4) is 5.75 Å². The van der Waals surface area contributed by atoms with Crippen LogP contribution in [0.1, 0.15) is 30.0 Å². The van der Waals surface area contributed by atoms with Crippen LogP contribution in [0.3, 0.4) is 0 Å². The molecule has 27 heavy (non-hydrogen) atoms. The average Bonchev–Trinajstić information content (AvgIpc) is 3.38. The number of amides is 1. The number of aryl methyl sites for hydroxylation is 1. The van der Waals surface area contributed by atoms with E-state index in [-0.39, 0.29) is 18.6 Å². The first-order valence-corrected chi connectivity index (χ1v) is 9.33. The number of aromatic nitrogens is 2. The van der Waals surface area contributed by atoms with E-state index in [2.05, 4.69) is 20.8 Å². The number of nitrogens with zero attached hydrogens (tertiary/aromatic N) is 1. The summed E-state index contributed by atoms with van der Waals surface area (Å²) in [7, 11) is 0. The molecule has 0 unspecified atom stereocenters. The van der Waals surface area contributed by atoms with E-state index in [1.807, 2.05) is 31.2 Å². The van der Waals surface area contributed by atoms with Crippen LogP contribution in [0.2, 0.25) is 5.02 Å². The van der Waals surface area contributed by atoms with Gasteiger partial charge >= 0.3 is 0 Å². The van der Waals surface area contributed by atoms with E-state index in [0.717, 1.165) is 41.7 Å². The molecule has 0 aliphatic carbocycles. The van der Waals surface area contributed by atoms with E-state index in [1.165, 1.54) is 0 Å². The highest BCUT2D eigenvalue weighted by Gasteiger charge is 2.21. The highest BCUT2D eigenvalue weighted by Crippen LogP contribution is 2.31. The molecule has 0 bridgehead atoms. The van der Waals surface area contributed by atoms with E-state index < -0.39 is 0 Å². The number of carbonyl (C=O) groups excluding carboxylic acids is 1. The fourth-order valence-electron chi connectivity index (χ4n) is 3.25. The molecule has 1 amide bonds. The van der Waals surface area contributed by atoms with E-state index in [4.69, 9.17) is 20.9 Å². The largest absolute Gasteiger partial charge is 0.484 e. The normalized spacial score (nSPS) is 16.7. The maximum Gasteiger partial charge on any atom is 0.237 e. The number of fused-ring (bicyclic) bond motifs is 1. The summed E-state index contributed by atoms with van der Waals surface area (Å²) in [6, 6.07) is 7.42. The lowest BCUT2D eigenvalue weighted by Gasteiger charge is -2.10. The van der Waals surface area contributed by atoms with Crippen LogP contribution < -0.4 is 15.4 Å². The van der Waals surface area contributed by atoms with E-state index in [1.54, 1.807) is 0 Å². The maximum absolute atomic E-state index is 12.1. The summed E-state index contributed by atoms with van der Waals surface area (Å²) < 4.78 is 10.9. The third-order valence-corrected chi connectivity index (χ3v) is 4.90. The molecule has 142 valence electrons. The third-order valence-electron chi connectivity index (χ3n) is 4.61. The van der Waals surface area contributed by atoms with Gasteiger partial charge in [0, 0.05) is 28.7 Å². The summed E-state index contributed by atoms with van der Waals surface area (Å²) in [6.07, 6.45) is 1.93. The lowest BCUT2D eigenvalue weighted by molar-refractivity contribution is -0.122. The number of hydrogen-bond donors (Lipinski definition) is 3. The minimum Gasteiger partial charge on any atom is -0.484 e. The van der Waals surface area contributed by atoms with Gasteiger partial charge in [0.05, 0.1) is 23.3 Å². The van der Waals surface area contributed by atoms with Crippen LogP contribution in [0, 0.1) is 6.92 Å². The van der Waals surface area contributed by atoms with Crippen molar-refractivity contribution in [1.29, 1.82) is 0 Å². The van der Waals surface area contributed by atoms with Gasteiger partial charge in [0.1, 0.15) is 12.4 Å². The predicted octanol–water partition coefficient (Wildman–Crippen LogP) is 3.06. The van der Waals surface area contributed by atoms with Crippen molar-refractivity contribution in [3.05, 3.63) is 46.4 Å². The van der Waals surface area contributed by atoms with Gasteiger partial charge in [-0.25, -0.2) is 0 Å². The molecule has 2 aromatic heterocycles. The van der Waals surface area contributed by atoms with Gasteiger partial charge in [0.25, 0.3) is 0 Å². The van der Waals surface area contributed by atoms with Gasteiger partial charge in [-0.1, -0.05) is 16.8 Å². The van der Waals surface area contributed by atoms with Crippen molar-refractivity contribution >= 4 is 28.4 Å². The molecule has 3 aromatic rings. The Morgan fingerprint density at radius 3 is 3.04 bits per heavy atom. The van der Waals surface area contributed by atoms with Gasteiger partial charge in [0.2, 0.25) is 5.91 Å². The van der Waals surface area contributed by atoms with Crippen LogP contribution in [-0.4, -0.2) is 28.6 Å². The van der Waals surface area contributed by atoms with Gasteiger partial charge in [0.15, 0.2) is 5.76 Å². The lowest BCUT2D eigenvalue weighted by Crippen LogP contribution is -2.40. The zero-order chi connectivity index (χ0) is 18.8. The number of aromatic amines is 1. The number of ether oxygens (including phenoxy) is 1. The predicted molar refractivity (Wildman–Crippen MR) is 102 cm³/mol. The van der Waals surface area contributed by atoms with E-state index in [9.17, 15) is 4.79 Å². The second kappa shape index (κ2) is 7.62. The maximum atomic E-state index is 12.1. The molecule has 1 aliphatic rings. The van der Waals surface area contributed by atoms with Crippen LogP contribution in [0.15, 0.2) is 28.8 Å².